The fourth-order valence-electron chi connectivity index (χ4n) is 6.17. The molecule has 3 unspecified atom stereocenters. The highest BCUT2D eigenvalue weighted by Gasteiger charge is 2.60. The summed E-state index contributed by atoms with van der Waals surface area (Å²) in [5, 5.41) is 2.90. The topological polar surface area (TPSA) is 142 Å². The van der Waals surface area contributed by atoms with Crippen LogP contribution in [0.25, 0.3) is 0 Å². The van der Waals surface area contributed by atoms with E-state index in [-0.39, 0.29) is 51.7 Å². The third kappa shape index (κ3) is 3.80. The Hall–Kier alpha value is -2.47. The van der Waals surface area contributed by atoms with Crippen LogP contribution in [0.2, 0.25) is 0 Å². The highest BCUT2D eigenvalue weighted by Crippen LogP contribution is 2.54. The number of anilines is 2. The van der Waals surface area contributed by atoms with Gasteiger partial charge in [-0.3, -0.25) is 14.3 Å². The molecule has 0 spiro atoms. The highest BCUT2D eigenvalue weighted by atomic mass is 32.2. The highest BCUT2D eigenvalue weighted by molar-refractivity contribution is 7.92. The lowest BCUT2D eigenvalue weighted by atomic mass is 9.73. The summed E-state index contributed by atoms with van der Waals surface area (Å²) in [6.07, 6.45) is 3.84. The van der Waals surface area contributed by atoms with Crippen molar-refractivity contribution in [1.82, 2.24) is 4.90 Å². The zero-order valence-corrected chi connectivity index (χ0v) is 20.8. The molecule has 2 aliphatic carbocycles. The first-order valence-electron chi connectivity index (χ1n) is 11.4. The maximum atomic E-state index is 13.6. The van der Waals surface area contributed by atoms with Crippen LogP contribution in [0.1, 0.15) is 33.1 Å². The number of fused-ring (bicyclic) bond motifs is 6. The van der Waals surface area contributed by atoms with Crippen molar-refractivity contribution in [2.75, 3.05) is 22.8 Å². The average Bonchev–Trinajstić information content (AvgIpc) is 3.32. The van der Waals surface area contributed by atoms with Crippen molar-refractivity contribution in [2.24, 2.45) is 34.0 Å². The number of hydrogen-bond donors (Lipinski definition) is 2. The molecule has 10 nitrogen and oxygen atoms in total. The van der Waals surface area contributed by atoms with Crippen molar-refractivity contribution < 1.29 is 26.4 Å². The van der Waals surface area contributed by atoms with Crippen molar-refractivity contribution in [2.45, 2.75) is 44.0 Å². The van der Waals surface area contributed by atoms with Crippen molar-refractivity contribution in [3.63, 3.8) is 0 Å². The first-order chi connectivity index (χ1) is 15.9. The maximum absolute atomic E-state index is 13.6. The Morgan fingerprint density at radius 1 is 1.21 bits per heavy atom. The number of rotatable bonds is 5. The van der Waals surface area contributed by atoms with Crippen LogP contribution in [0.3, 0.4) is 0 Å². The van der Waals surface area contributed by atoms with E-state index in [2.05, 4.69) is 14.4 Å². The Balaban J connectivity index is 1.53. The van der Waals surface area contributed by atoms with E-state index in [1.807, 2.05) is 13.8 Å². The van der Waals surface area contributed by atoms with Gasteiger partial charge in [-0.15, -0.1) is 4.40 Å². The quantitative estimate of drug-likeness (QED) is 0.576. The zero-order chi connectivity index (χ0) is 24.6. The Morgan fingerprint density at radius 3 is 2.59 bits per heavy atom. The SMILES string of the molecule is CC(C)CN1C(=O)C(C2=NS(=O)(=O)c3cc(NS(C)(=O)=O)ccc3N2)C(=O)C2C1[C@@H]1CC[C@H]2C1. The average molecular weight is 509 g/mol. The third-order valence-corrected chi connectivity index (χ3v) is 9.19. The number of carbonyl (C=O) groups is 2. The second-order valence-electron chi connectivity index (χ2n) is 10.2. The molecule has 184 valence electrons. The Bertz CT molecular complexity index is 1320. The van der Waals surface area contributed by atoms with Crippen LogP contribution in [0.15, 0.2) is 27.5 Å². The Kier molecular flexibility index (Phi) is 5.32. The summed E-state index contributed by atoms with van der Waals surface area (Å²) in [5.41, 5.74) is 0.221. The second kappa shape index (κ2) is 7.77. The normalized spacial score (nSPS) is 31.7. The van der Waals surface area contributed by atoms with Gasteiger partial charge < -0.3 is 10.2 Å². The van der Waals surface area contributed by atoms with Crippen molar-refractivity contribution in [3.8, 4) is 0 Å². The van der Waals surface area contributed by atoms with E-state index < -0.39 is 31.9 Å². The summed E-state index contributed by atoms with van der Waals surface area (Å²) in [7, 11) is -7.88. The van der Waals surface area contributed by atoms with Gasteiger partial charge in [-0.05, 0) is 55.2 Å². The van der Waals surface area contributed by atoms with Crippen LogP contribution in [0.5, 0.6) is 0 Å². The second-order valence-corrected chi connectivity index (χ2v) is 13.6. The molecule has 5 rings (SSSR count). The van der Waals surface area contributed by atoms with Gasteiger partial charge in [-0.2, -0.15) is 8.42 Å². The minimum Gasteiger partial charge on any atom is -0.341 e. The van der Waals surface area contributed by atoms with Gasteiger partial charge in [-0.1, -0.05) is 13.8 Å². The number of Topliss-reactive ketones (excluding diaryl/α,β-unsaturated/α-hetero) is 1. The van der Waals surface area contributed by atoms with Crippen LogP contribution in [-0.4, -0.2) is 58.1 Å². The molecule has 2 aliphatic heterocycles. The number of amidine groups is 1. The van der Waals surface area contributed by atoms with Crippen LogP contribution < -0.4 is 10.0 Å². The van der Waals surface area contributed by atoms with Gasteiger partial charge in [0, 0.05) is 24.2 Å². The van der Waals surface area contributed by atoms with E-state index >= 15 is 0 Å². The molecule has 2 N–H and O–H groups in total. The van der Waals surface area contributed by atoms with E-state index in [0.717, 1.165) is 25.5 Å². The lowest BCUT2D eigenvalue weighted by molar-refractivity contribution is -0.153. The number of piperidine rings is 1. The van der Waals surface area contributed by atoms with Crippen LogP contribution in [-0.2, 0) is 29.6 Å². The molecule has 0 radical (unpaired) electrons. The first-order valence-corrected chi connectivity index (χ1v) is 14.8. The molecular weight excluding hydrogens is 480 g/mol. The number of nitrogens with one attached hydrogen (secondary N) is 2. The summed E-state index contributed by atoms with van der Waals surface area (Å²) in [6, 6.07) is 3.86. The summed E-state index contributed by atoms with van der Waals surface area (Å²) in [6.45, 7) is 4.53. The molecule has 2 heterocycles. The summed E-state index contributed by atoms with van der Waals surface area (Å²) < 4.78 is 55.2. The maximum Gasteiger partial charge on any atom is 0.286 e. The number of ketones is 1. The van der Waals surface area contributed by atoms with Gasteiger partial charge in [0.1, 0.15) is 10.7 Å². The minimum absolute atomic E-state index is 0.0722. The van der Waals surface area contributed by atoms with Crippen LogP contribution in [0, 0.1) is 29.6 Å². The van der Waals surface area contributed by atoms with Crippen LogP contribution in [0.4, 0.5) is 11.4 Å². The number of carbonyl (C=O) groups excluding carboxylic acids is 2. The molecule has 1 aromatic rings. The minimum atomic E-state index is -4.27. The molecule has 4 aliphatic rings. The van der Waals surface area contributed by atoms with Gasteiger partial charge >= 0.3 is 0 Å². The molecule has 34 heavy (non-hydrogen) atoms. The standard InChI is InChI=1S/C22H28N4O6S2/c1-11(2)10-26-19-13-5-4-12(8-13)17(19)20(27)18(22(26)28)21-23-15-7-6-14(24-33(3,29)30)9-16(15)34(31,32)25-21/h6-7,9,11-13,17-19,24H,4-5,8,10H2,1-3H3,(H,23,25)/t12-,13+,17?,18?,19?/m0/s1. The molecular formula is C22H28N4O6S2. The van der Waals surface area contributed by atoms with Gasteiger partial charge in [0.25, 0.3) is 10.0 Å². The molecule has 1 saturated heterocycles. The zero-order valence-electron chi connectivity index (χ0n) is 19.2. The van der Waals surface area contributed by atoms with Crippen molar-refractivity contribution >= 4 is 48.9 Å². The third-order valence-electron chi connectivity index (χ3n) is 7.25. The Labute approximate surface area is 199 Å². The predicted molar refractivity (Wildman–Crippen MR) is 126 cm³/mol. The van der Waals surface area contributed by atoms with E-state index in [9.17, 15) is 26.4 Å². The summed E-state index contributed by atoms with van der Waals surface area (Å²) in [4.78, 5) is 28.8. The fourth-order valence-corrected chi connectivity index (χ4v) is 7.91. The number of sulfonamides is 2. The molecule has 2 bridgehead atoms. The molecule has 5 atom stereocenters. The fraction of sp³-hybridized carbons (Fsp3) is 0.591. The van der Waals surface area contributed by atoms with Gasteiger partial charge in [0.2, 0.25) is 15.9 Å². The number of hydrogen-bond acceptors (Lipinski definition) is 7. The smallest absolute Gasteiger partial charge is 0.286 e. The summed E-state index contributed by atoms with van der Waals surface area (Å²) in [5.74, 6) is -1.69. The van der Waals surface area contributed by atoms with Gasteiger partial charge in [0.05, 0.1) is 11.9 Å². The Morgan fingerprint density at radius 2 is 1.91 bits per heavy atom. The van der Waals surface area contributed by atoms with E-state index in [4.69, 9.17) is 0 Å². The van der Waals surface area contributed by atoms with E-state index in [1.165, 1.54) is 18.2 Å². The monoisotopic (exact) mass is 508 g/mol. The lowest BCUT2D eigenvalue weighted by Crippen LogP contribution is -2.62. The lowest BCUT2D eigenvalue weighted by Gasteiger charge is -2.46. The largest absolute Gasteiger partial charge is 0.341 e. The predicted octanol–water partition coefficient (Wildman–Crippen LogP) is 1.67. The van der Waals surface area contributed by atoms with Crippen molar-refractivity contribution in [3.05, 3.63) is 18.2 Å². The van der Waals surface area contributed by atoms with E-state index in [0.29, 0.717) is 12.5 Å². The molecule has 0 aromatic heterocycles. The summed E-state index contributed by atoms with van der Waals surface area (Å²) >= 11 is 0. The first kappa shape index (κ1) is 23.3. The van der Waals surface area contributed by atoms with Gasteiger partial charge in [-0.25, -0.2) is 8.42 Å². The molecule has 2 saturated carbocycles. The van der Waals surface area contributed by atoms with Crippen molar-refractivity contribution in [1.29, 1.82) is 0 Å². The number of nitrogens with zero attached hydrogens (tertiary/aromatic N) is 2. The van der Waals surface area contributed by atoms with Crippen LogP contribution >= 0.6 is 0 Å². The van der Waals surface area contributed by atoms with Gasteiger partial charge in [0.15, 0.2) is 11.7 Å². The number of amides is 1. The molecule has 1 aromatic carbocycles. The van der Waals surface area contributed by atoms with E-state index in [1.54, 1.807) is 4.90 Å². The molecule has 3 fully saturated rings. The number of benzene rings is 1. The molecule has 12 heteroatoms. The number of likely N-dealkylation sites (tertiary alicyclic amines) is 1. The molecule has 1 amide bonds.